The molecule has 3 aromatic rings. The molecule has 0 saturated heterocycles. The number of fused-ring (bicyclic) bond motifs is 1. The maximum absolute atomic E-state index is 12.1. The summed E-state index contributed by atoms with van der Waals surface area (Å²) in [4.78, 5) is 0.658. The first-order valence-corrected chi connectivity index (χ1v) is 9.10. The molecule has 0 atom stereocenters. The van der Waals surface area contributed by atoms with Crippen LogP contribution in [0.5, 0.6) is 0 Å². The molecule has 0 aliphatic rings. The second-order valence-corrected chi connectivity index (χ2v) is 7.85. The van der Waals surface area contributed by atoms with E-state index < -0.39 is 10.0 Å². The number of hydrogen-bond donors (Lipinski definition) is 1. The van der Waals surface area contributed by atoms with E-state index in [1.807, 2.05) is 31.2 Å². The predicted octanol–water partition coefficient (Wildman–Crippen LogP) is 1.42. The highest BCUT2D eigenvalue weighted by Gasteiger charge is 2.14. The highest BCUT2D eigenvalue weighted by molar-refractivity contribution is 7.88. The minimum absolute atomic E-state index is 0.0453. The summed E-state index contributed by atoms with van der Waals surface area (Å²) in [7, 11) is -3.40. The molecule has 0 unspecified atom stereocenters. The van der Waals surface area contributed by atoms with Crippen molar-refractivity contribution in [1.29, 1.82) is 0 Å². The number of sulfonamides is 1. The summed E-state index contributed by atoms with van der Waals surface area (Å²) in [5.41, 5.74) is 1.86. The molecular weight excluding hydrogens is 322 g/mol. The van der Waals surface area contributed by atoms with Crippen molar-refractivity contribution in [1.82, 2.24) is 24.5 Å². The van der Waals surface area contributed by atoms with Crippen molar-refractivity contribution < 1.29 is 8.42 Å². The third kappa shape index (κ3) is 3.32. The van der Waals surface area contributed by atoms with Crippen LogP contribution in [0.1, 0.15) is 22.0 Å². The number of rotatable bonds is 5. The van der Waals surface area contributed by atoms with E-state index in [4.69, 9.17) is 0 Å². The van der Waals surface area contributed by atoms with Crippen molar-refractivity contribution in [2.45, 2.75) is 26.1 Å². The average Bonchev–Trinajstić information content (AvgIpc) is 3.02. The van der Waals surface area contributed by atoms with Crippen LogP contribution in [0.25, 0.3) is 4.96 Å². The maximum Gasteiger partial charge on any atom is 0.234 e. The largest absolute Gasteiger partial charge is 0.234 e. The molecule has 7 nitrogen and oxygen atoms in total. The molecule has 9 heteroatoms. The zero-order valence-corrected chi connectivity index (χ0v) is 13.8. The normalized spacial score (nSPS) is 12.1. The van der Waals surface area contributed by atoms with Gasteiger partial charge in [-0.3, -0.25) is 0 Å². The number of hydrogen-bond acceptors (Lipinski definition) is 6. The SMILES string of the molecule is Cc1ccc(CS(=O)(=O)NCc2nn3c(C)nnc3s2)cc1. The van der Waals surface area contributed by atoms with Gasteiger partial charge in [-0.25, -0.2) is 13.1 Å². The third-order valence-corrected chi connectivity index (χ3v) is 5.31. The summed E-state index contributed by atoms with van der Waals surface area (Å²) in [6, 6.07) is 7.44. The zero-order chi connectivity index (χ0) is 15.7. The second kappa shape index (κ2) is 5.75. The number of aryl methyl sites for hydroxylation is 2. The Morgan fingerprint density at radius 1 is 1.18 bits per heavy atom. The molecule has 1 aromatic carbocycles. The van der Waals surface area contributed by atoms with E-state index in [1.165, 1.54) is 11.3 Å². The van der Waals surface area contributed by atoms with Gasteiger partial charge in [-0.2, -0.15) is 9.61 Å². The Morgan fingerprint density at radius 2 is 1.91 bits per heavy atom. The van der Waals surface area contributed by atoms with Gasteiger partial charge in [-0.1, -0.05) is 41.2 Å². The van der Waals surface area contributed by atoms with Gasteiger partial charge in [-0.15, -0.1) is 10.2 Å². The van der Waals surface area contributed by atoms with E-state index in [1.54, 1.807) is 11.4 Å². The number of nitrogens with zero attached hydrogens (tertiary/aromatic N) is 4. The molecule has 0 aliphatic heterocycles. The van der Waals surface area contributed by atoms with E-state index in [2.05, 4.69) is 20.0 Å². The monoisotopic (exact) mass is 337 g/mol. The summed E-state index contributed by atoms with van der Waals surface area (Å²) in [6.45, 7) is 3.92. The van der Waals surface area contributed by atoms with Gasteiger partial charge < -0.3 is 0 Å². The Bertz CT molecular complexity index is 896. The van der Waals surface area contributed by atoms with Gasteiger partial charge in [-0.05, 0) is 19.4 Å². The van der Waals surface area contributed by atoms with E-state index in [9.17, 15) is 8.42 Å². The first kappa shape index (κ1) is 15.1. The van der Waals surface area contributed by atoms with Gasteiger partial charge in [0, 0.05) is 0 Å². The summed E-state index contributed by atoms with van der Waals surface area (Å²) in [5, 5.41) is 12.8. The van der Waals surface area contributed by atoms with E-state index in [-0.39, 0.29) is 12.3 Å². The Morgan fingerprint density at radius 3 is 2.59 bits per heavy atom. The lowest BCUT2D eigenvalue weighted by atomic mass is 10.2. The average molecular weight is 337 g/mol. The van der Waals surface area contributed by atoms with Gasteiger partial charge in [0.25, 0.3) is 0 Å². The van der Waals surface area contributed by atoms with Crippen molar-refractivity contribution in [3.05, 3.63) is 46.2 Å². The van der Waals surface area contributed by atoms with Crippen molar-refractivity contribution >= 4 is 26.3 Å². The fourth-order valence-corrected chi connectivity index (χ4v) is 3.95. The third-order valence-electron chi connectivity index (χ3n) is 3.11. The Balaban J connectivity index is 1.67. The molecule has 0 bridgehead atoms. The maximum atomic E-state index is 12.1. The molecule has 22 heavy (non-hydrogen) atoms. The topological polar surface area (TPSA) is 89.2 Å². The standard InChI is InChI=1S/C13H15N5O2S2/c1-9-3-5-11(6-4-9)8-22(19,20)14-7-12-17-18-10(2)15-16-13(18)21-12/h3-6,14H,7-8H2,1-2H3. The first-order valence-electron chi connectivity index (χ1n) is 6.63. The molecule has 0 spiro atoms. The summed E-state index contributed by atoms with van der Waals surface area (Å²) >= 11 is 1.32. The Hall–Kier alpha value is -1.84. The minimum atomic E-state index is -3.40. The van der Waals surface area contributed by atoms with Crippen molar-refractivity contribution in [2.75, 3.05) is 0 Å². The molecule has 0 radical (unpaired) electrons. The molecular formula is C13H15N5O2S2. The molecule has 0 saturated carbocycles. The first-order chi connectivity index (χ1) is 10.4. The fourth-order valence-electron chi connectivity index (χ4n) is 1.95. The number of benzene rings is 1. The lowest BCUT2D eigenvalue weighted by Crippen LogP contribution is -2.24. The van der Waals surface area contributed by atoms with Gasteiger partial charge >= 0.3 is 0 Å². The predicted molar refractivity (Wildman–Crippen MR) is 84.0 cm³/mol. The van der Waals surface area contributed by atoms with Crippen LogP contribution in [0.2, 0.25) is 0 Å². The highest BCUT2D eigenvalue weighted by atomic mass is 32.2. The van der Waals surface area contributed by atoms with Crippen LogP contribution >= 0.6 is 11.3 Å². The van der Waals surface area contributed by atoms with E-state index >= 15 is 0 Å². The van der Waals surface area contributed by atoms with Crippen LogP contribution < -0.4 is 4.72 Å². The van der Waals surface area contributed by atoms with Gasteiger partial charge in [0.05, 0.1) is 12.3 Å². The molecule has 3 rings (SSSR count). The molecule has 0 aliphatic carbocycles. The van der Waals surface area contributed by atoms with Crippen LogP contribution in [-0.4, -0.2) is 28.2 Å². The molecule has 2 heterocycles. The molecule has 116 valence electrons. The van der Waals surface area contributed by atoms with Gasteiger partial charge in [0.1, 0.15) is 5.01 Å². The van der Waals surface area contributed by atoms with Crippen LogP contribution in [0.15, 0.2) is 24.3 Å². The summed E-state index contributed by atoms with van der Waals surface area (Å²) in [6.07, 6.45) is 0. The van der Waals surface area contributed by atoms with Crippen LogP contribution in [0, 0.1) is 13.8 Å². The van der Waals surface area contributed by atoms with E-state index in [0.717, 1.165) is 11.1 Å². The lowest BCUT2D eigenvalue weighted by Gasteiger charge is -2.05. The van der Waals surface area contributed by atoms with Crippen LogP contribution in [-0.2, 0) is 22.3 Å². The zero-order valence-electron chi connectivity index (χ0n) is 12.1. The highest BCUT2D eigenvalue weighted by Crippen LogP contribution is 2.14. The number of nitrogens with one attached hydrogen (secondary N) is 1. The van der Waals surface area contributed by atoms with Gasteiger partial charge in [0.15, 0.2) is 5.82 Å². The lowest BCUT2D eigenvalue weighted by molar-refractivity contribution is 0.579. The summed E-state index contributed by atoms with van der Waals surface area (Å²) < 4.78 is 28.4. The Labute approximate surface area is 132 Å². The number of aromatic nitrogens is 4. The molecule has 0 amide bonds. The summed E-state index contributed by atoms with van der Waals surface area (Å²) in [5.74, 6) is 0.635. The minimum Gasteiger partial charge on any atom is -0.212 e. The van der Waals surface area contributed by atoms with E-state index in [0.29, 0.717) is 15.8 Å². The Kier molecular flexibility index (Phi) is 3.94. The molecule has 2 aromatic heterocycles. The van der Waals surface area contributed by atoms with Crippen LogP contribution in [0.4, 0.5) is 0 Å². The molecule has 1 N–H and O–H groups in total. The fraction of sp³-hybridized carbons (Fsp3) is 0.308. The molecule has 0 fully saturated rings. The van der Waals surface area contributed by atoms with Crippen molar-refractivity contribution in [2.24, 2.45) is 0 Å². The van der Waals surface area contributed by atoms with Crippen LogP contribution in [0.3, 0.4) is 0 Å². The smallest absolute Gasteiger partial charge is 0.212 e. The second-order valence-electron chi connectivity index (χ2n) is 5.00. The van der Waals surface area contributed by atoms with Gasteiger partial charge in [0.2, 0.25) is 15.0 Å². The van der Waals surface area contributed by atoms with Crippen molar-refractivity contribution in [3.63, 3.8) is 0 Å². The quantitative estimate of drug-likeness (QED) is 0.760. The van der Waals surface area contributed by atoms with Crippen molar-refractivity contribution in [3.8, 4) is 0 Å².